The molecule has 0 radical (unpaired) electrons. The number of hydrogen-bond acceptors (Lipinski definition) is 4. The molecule has 0 aliphatic carbocycles. The van der Waals surface area contributed by atoms with E-state index in [0.29, 0.717) is 0 Å². The number of thioether (sulfide) groups is 1. The molecule has 4 rings (SSSR count). The minimum Gasteiger partial charge on any atom is -0.497 e. The number of benzene rings is 2. The van der Waals surface area contributed by atoms with Crippen molar-refractivity contribution < 1.29 is 4.74 Å². The van der Waals surface area contributed by atoms with E-state index in [2.05, 4.69) is 21.7 Å². The van der Waals surface area contributed by atoms with E-state index >= 15 is 0 Å². The topological polar surface area (TPSA) is 39.9 Å². The van der Waals surface area contributed by atoms with E-state index in [1.807, 2.05) is 48.7 Å². The van der Waals surface area contributed by atoms with Gasteiger partial charge in [-0.3, -0.25) is 4.98 Å². The molecule has 0 bridgehead atoms. The fourth-order valence-corrected chi connectivity index (χ4v) is 3.95. The predicted molar refractivity (Wildman–Crippen MR) is 111 cm³/mol. The molecule has 6 heteroatoms. The number of fused-ring (bicyclic) bond motifs is 1. The molecule has 0 atom stereocenters. The lowest BCUT2D eigenvalue weighted by Gasteiger charge is -2.09. The Morgan fingerprint density at radius 2 is 1.74 bits per heavy atom. The van der Waals surface area contributed by atoms with Gasteiger partial charge in [-0.2, -0.15) is 0 Å². The van der Waals surface area contributed by atoms with Crippen LogP contribution in [0.4, 0.5) is 0 Å². The molecule has 0 N–H and O–H groups in total. The second-order valence-corrected chi connectivity index (χ2v) is 7.49. The third kappa shape index (κ3) is 4.10. The highest BCUT2D eigenvalue weighted by Crippen LogP contribution is 2.28. The Hall–Kier alpha value is -2.50. The highest BCUT2D eigenvalue weighted by atomic mass is 35.5. The molecule has 0 saturated carbocycles. The van der Waals surface area contributed by atoms with Crippen LogP contribution in [0.25, 0.3) is 11.0 Å². The second-order valence-electron chi connectivity index (χ2n) is 6.11. The number of aromatic nitrogens is 3. The van der Waals surface area contributed by atoms with Crippen LogP contribution in [-0.4, -0.2) is 21.6 Å². The third-order valence-electron chi connectivity index (χ3n) is 4.30. The average Bonchev–Trinajstić information content (AvgIpc) is 3.06. The number of imidazole rings is 1. The Balaban J connectivity index is 1.61. The fourth-order valence-electron chi connectivity index (χ4n) is 2.85. The standard InChI is InChI=1S/C21H18ClN3OS/c1-26-18-8-4-16(5-9-18)14-27-21-24-19-10-11-23-12-20(19)25(21)13-15-2-6-17(22)7-3-15/h2-12H,13-14H2,1H3. The summed E-state index contributed by atoms with van der Waals surface area (Å²) < 4.78 is 7.43. The first-order chi connectivity index (χ1) is 13.2. The molecule has 2 aromatic heterocycles. The predicted octanol–water partition coefficient (Wildman–Crippen LogP) is 5.43. The summed E-state index contributed by atoms with van der Waals surface area (Å²) in [7, 11) is 1.68. The van der Waals surface area contributed by atoms with Crippen LogP contribution in [0.5, 0.6) is 5.75 Å². The van der Waals surface area contributed by atoms with Crippen molar-refractivity contribution in [2.45, 2.75) is 17.5 Å². The van der Waals surface area contributed by atoms with Crippen molar-refractivity contribution in [2.24, 2.45) is 0 Å². The molecule has 0 aliphatic rings. The van der Waals surface area contributed by atoms with Gasteiger partial charge in [0.2, 0.25) is 0 Å². The molecule has 0 amide bonds. The quantitative estimate of drug-likeness (QED) is 0.408. The minimum absolute atomic E-state index is 0.726. The summed E-state index contributed by atoms with van der Waals surface area (Å²) in [4.78, 5) is 9.09. The average molecular weight is 396 g/mol. The Kier molecular flexibility index (Phi) is 5.32. The molecule has 4 nitrogen and oxygen atoms in total. The lowest BCUT2D eigenvalue weighted by atomic mass is 10.2. The Morgan fingerprint density at radius 1 is 1.00 bits per heavy atom. The van der Waals surface area contributed by atoms with Gasteiger partial charge in [-0.05, 0) is 41.5 Å². The number of nitrogens with zero attached hydrogens (tertiary/aromatic N) is 3. The van der Waals surface area contributed by atoms with Crippen LogP contribution < -0.4 is 4.74 Å². The number of pyridine rings is 1. The number of methoxy groups -OCH3 is 1. The first kappa shape index (κ1) is 17.9. The Morgan fingerprint density at radius 3 is 2.48 bits per heavy atom. The molecule has 136 valence electrons. The molecular formula is C21H18ClN3OS. The van der Waals surface area contributed by atoms with Gasteiger partial charge >= 0.3 is 0 Å². The van der Waals surface area contributed by atoms with Crippen molar-refractivity contribution >= 4 is 34.4 Å². The smallest absolute Gasteiger partial charge is 0.169 e. The van der Waals surface area contributed by atoms with Crippen molar-refractivity contribution in [3.8, 4) is 5.75 Å². The highest BCUT2D eigenvalue weighted by Gasteiger charge is 2.12. The van der Waals surface area contributed by atoms with Crippen LogP contribution in [0.15, 0.2) is 72.1 Å². The van der Waals surface area contributed by atoms with E-state index < -0.39 is 0 Å². The summed E-state index contributed by atoms with van der Waals surface area (Å²) in [6.07, 6.45) is 3.65. The molecule has 0 aliphatic heterocycles. The lowest BCUT2D eigenvalue weighted by molar-refractivity contribution is 0.414. The van der Waals surface area contributed by atoms with Gasteiger partial charge in [0.15, 0.2) is 5.16 Å². The van der Waals surface area contributed by atoms with E-state index in [9.17, 15) is 0 Å². The van der Waals surface area contributed by atoms with Crippen molar-refractivity contribution in [1.29, 1.82) is 0 Å². The molecule has 0 saturated heterocycles. The maximum atomic E-state index is 6.02. The largest absolute Gasteiger partial charge is 0.497 e. The van der Waals surface area contributed by atoms with Gasteiger partial charge in [0.1, 0.15) is 5.75 Å². The second kappa shape index (κ2) is 8.03. The maximum absolute atomic E-state index is 6.02. The van der Waals surface area contributed by atoms with Crippen LogP contribution in [0.1, 0.15) is 11.1 Å². The van der Waals surface area contributed by atoms with E-state index in [-0.39, 0.29) is 0 Å². The number of hydrogen-bond donors (Lipinski definition) is 0. The van der Waals surface area contributed by atoms with Crippen molar-refractivity contribution in [3.05, 3.63) is 83.1 Å². The first-order valence-corrected chi connectivity index (χ1v) is 9.90. The lowest BCUT2D eigenvalue weighted by Crippen LogP contribution is -2.02. The molecular weight excluding hydrogens is 378 g/mol. The number of ether oxygens (including phenoxy) is 1. The van der Waals surface area contributed by atoms with Gasteiger partial charge in [-0.1, -0.05) is 47.6 Å². The normalized spacial score (nSPS) is 11.0. The number of halogens is 1. The van der Waals surface area contributed by atoms with Crippen molar-refractivity contribution in [1.82, 2.24) is 14.5 Å². The molecule has 4 aromatic rings. The van der Waals surface area contributed by atoms with E-state index in [4.69, 9.17) is 21.3 Å². The zero-order valence-electron chi connectivity index (χ0n) is 14.8. The van der Waals surface area contributed by atoms with Gasteiger partial charge in [-0.25, -0.2) is 4.98 Å². The molecule has 2 aromatic carbocycles. The van der Waals surface area contributed by atoms with Crippen molar-refractivity contribution in [3.63, 3.8) is 0 Å². The van der Waals surface area contributed by atoms with Gasteiger partial charge in [0, 0.05) is 17.0 Å². The number of rotatable bonds is 6. The summed E-state index contributed by atoms with van der Waals surface area (Å²) in [6.45, 7) is 0.726. The van der Waals surface area contributed by atoms with Crippen LogP contribution in [0, 0.1) is 0 Å². The van der Waals surface area contributed by atoms with Gasteiger partial charge in [0.05, 0.1) is 30.9 Å². The molecule has 2 heterocycles. The fraction of sp³-hybridized carbons (Fsp3) is 0.143. The summed E-state index contributed by atoms with van der Waals surface area (Å²) in [5.74, 6) is 1.70. The highest BCUT2D eigenvalue weighted by molar-refractivity contribution is 7.98. The summed E-state index contributed by atoms with van der Waals surface area (Å²) >= 11 is 7.74. The van der Waals surface area contributed by atoms with Crippen molar-refractivity contribution in [2.75, 3.05) is 7.11 Å². The summed E-state index contributed by atoms with van der Waals surface area (Å²) in [6, 6.07) is 18.0. The van der Waals surface area contributed by atoms with Crippen LogP contribution in [0.3, 0.4) is 0 Å². The molecule has 27 heavy (non-hydrogen) atoms. The van der Waals surface area contributed by atoms with Gasteiger partial charge in [0.25, 0.3) is 0 Å². The van der Waals surface area contributed by atoms with Gasteiger partial charge in [-0.15, -0.1) is 0 Å². The van der Waals surface area contributed by atoms with E-state index in [1.54, 1.807) is 25.1 Å². The Bertz CT molecular complexity index is 1050. The SMILES string of the molecule is COc1ccc(CSc2nc3ccncc3n2Cc2ccc(Cl)cc2)cc1. The van der Waals surface area contributed by atoms with E-state index in [1.165, 1.54) is 11.1 Å². The summed E-state index contributed by atoms with van der Waals surface area (Å²) in [5, 5.41) is 1.72. The third-order valence-corrected chi connectivity index (χ3v) is 5.60. The zero-order valence-corrected chi connectivity index (χ0v) is 16.4. The van der Waals surface area contributed by atoms with Crippen LogP contribution >= 0.6 is 23.4 Å². The van der Waals surface area contributed by atoms with Crippen LogP contribution in [0.2, 0.25) is 5.02 Å². The summed E-state index contributed by atoms with van der Waals surface area (Å²) in [5.41, 5.74) is 4.39. The molecule has 0 spiro atoms. The van der Waals surface area contributed by atoms with E-state index in [0.717, 1.165) is 39.3 Å². The van der Waals surface area contributed by atoms with Gasteiger partial charge < -0.3 is 9.30 Å². The molecule has 0 unspecified atom stereocenters. The first-order valence-electron chi connectivity index (χ1n) is 8.53. The Labute approximate surface area is 167 Å². The monoisotopic (exact) mass is 395 g/mol. The maximum Gasteiger partial charge on any atom is 0.169 e. The minimum atomic E-state index is 0.726. The zero-order chi connectivity index (χ0) is 18.6. The molecule has 0 fully saturated rings. The van der Waals surface area contributed by atoms with Crippen LogP contribution in [-0.2, 0) is 12.3 Å².